The topological polar surface area (TPSA) is 41.1 Å². The predicted molar refractivity (Wildman–Crippen MR) is 200 cm³/mol. The lowest BCUT2D eigenvalue weighted by molar-refractivity contribution is 0.105. The van der Waals surface area contributed by atoms with E-state index in [4.69, 9.17) is 11.6 Å². The summed E-state index contributed by atoms with van der Waals surface area (Å²) >= 11 is 6.67. The summed E-state index contributed by atoms with van der Waals surface area (Å²) in [5, 5.41) is 12.1. The van der Waals surface area contributed by atoms with Crippen LogP contribution in [0.5, 0.6) is 0 Å². The smallest absolute Gasteiger partial charge is 0.191 e. The van der Waals surface area contributed by atoms with E-state index in [1.165, 1.54) is 32.3 Å². The molecule has 0 radical (unpaired) electrons. The molecule has 0 atom stereocenters. The Labute approximate surface area is 286 Å². The number of para-hydroxylation sites is 2. The number of rotatable bonds is 4. The quantitative estimate of drug-likeness (QED) is 0.190. The van der Waals surface area contributed by atoms with Crippen LogP contribution in [-0.4, -0.2) is 5.78 Å². The van der Waals surface area contributed by atoms with Gasteiger partial charge in [0, 0.05) is 34.4 Å². The molecule has 8 rings (SSSR count). The van der Waals surface area contributed by atoms with Gasteiger partial charge in [0.1, 0.15) is 0 Å². The minimum atomic E-state index is 0. The number of anilines is 3. The molecule has 0 amide bonds. The fourth-order valence-corrected chi connectivity index (χ4v) is 6.89. The van der Waals surface area contributed by atoms with Gasteiger partial charge in [-0.3, -0.25) is 4.79 Å². The summed E-state index contributed by atoms with van der Waals surface area (Å²) in [7, 11) is 0. The maximum atomic E-state index is 13.7. The van der Waals surface area contributed by atoms with Gasteiger partial charge < -0.3 is 10.6 Å². The van der Waals surface area contributed by atoms with Crippen molar-refractivity contribution < 1.29 is 4.79 Å². The molecule has 1 aliphatic heterocycles. The Kier molecular flexibility index (Phi) is 9.77. The summed E-state index contributed by atoms with van der Waals surface area (Å²) in [5.41, 5.74) is 9.61. The molecule has 5 heteroatoms. The molecule has 0 spiro atoms. The van der Waals surface area contributed by atoms with Crippen LogP contribution >= 0.6 is 24.0 Å². The third kappa shape index (κ3) is 6.69. The predicted octanol–water partition coefficient (Wildman–Crippen LogP) is 9.45. The molecule has 0 bridgehead atoms. The second kappa shape index (κ2) is 14.3. The molecule has 5 aromatic carbocycles. The Morgan fingerprint density at radius 2 is 1.57 bits per heavy atom. The molecule has 0 saturated heterocycles. The highest BCUT2D eigenvalue weighted by Gasteiger charge is 2.22. The molecule has 5 aromatic rings. The van der Waals surface area contributed by atoms with Gasteiger partial charge in [-0.25, -0.2) is 0 Å². The normalized spacial score (nSPS) is 13.4. The molecule has 0 unspecified atom stereocenters. The Morgan fingerprint density at radius 1 is 0.787 bits per heavy atom. The van der Waals surface area contributed by atoms with Gasteiger partial charge in [-0.2, -0.15) is 0 Å². The van der Waals surface area contributed by atoms with E-state index >= 15 is 0 Å². The van der Waals surface area contributed by atoms with Crippen LogP contribution in [0.25, 0.3) is 17.7 Å². The van der Waals surface area contributed by atoms with Crippen LogP contribution in [0.1, 0.15) is 45.5 Å². The molecule has 1 heterocycles. The highest BCUT2D eigenvalue weighted by molar-refractivity contribution is 6.38. The lowest BCUT2D eigenvalue weighted by Gasteiger charge is -2.20. The van der Waals surface area contributed by atoms with E-state index in [0.29, 0.717) is 10.6 Å². The largest absolute Gasteiger partial charge is 0.361 e. The number of carbonyl (C=O) groups is 1. The Bertz CT molecular complexity index is 2270. The molecule has 234 valence electrons. The number of carbonyl (C=O) groups excluding carboxylic acids is 1. The van der Waals surface area contributed by atoms with Crippen LogP contribution in [-0.2, 0) is 12.8 Å². The van der Waals surface area contributed by atoms with E-state index in [9.17, 15) is 4.79 Å². The Morgan fingerprint density at radius 3 is 2.45 bits per heavy atom. The summed E-state index contributed by atoms with van der Waals surface area (Å²) in [6.45, 7) is 2.06. The zero-order chi connectivity index (χ0) is 31.5. The van der Waals surface area contributed by atoms with Gasteiger partial charge in [-0.05, 0) is 112 Å². The fraction of sp³-hybridized carbons (Fsp3) is 0.119. The van der Waals surface area contributed by atoms with Gasteiger partial charge in [0.15, 0.2) is 5.78 Å². The first kappa shape index (κ1) is 32.1. The van der Waals surface area contributed by atoms with Crippen LogP contribution in [0.4, 0.5) is 17.1 Å². The van der Waals surface area contributed by atoms with Crippen molar-refractivity contribution in [1.82, 2.24) is 0 Å². The summed E-state index contributed by atoms with van der Waals surface area (Å²) in [5.74, 6) is 0.0403. The van der Waals surface area contributed by atoms with Crippen molar-refractivity contribution in [2.75, 3.05) is 10.6 Å². The van der Waals surface area contributed by atoms with Gasteiger partial charge in [0.25, 0.3) is 0 Å². The van der Waals surface area contributed by atoms with Crippen molar-refractivity contribution >= 4 is 64.6 Å². The van der Waals surface area contributed by atoms with Gasteiger partial charge in [-0.1, -0.05) is 103 Å². The average Bonchev–Trinajstić information content (AvgIpc) is 3.35. The molecule has 3 nitrogen and oxygen atoms in total. The van der Waals surface area contributed by atoms with E-state index in [2.05, 4.69) is 84.3 Å². The second-order valence-corrected chi connectivity index (χ2v) is 12.3. The molecule has 2 N–H and O–H groups in total. The van der Waals surface area contributed by atoms with Gasteiger partial charge >= 0.3 is 0 Å². The van der Waals surface area contributed by atoms with Crippen molar-refractivity contribution in [2.45, 2.75) is 32.6 Å². The monoisotopic (exact) mass is 654 g/mol. The number of benzene rings is 5. The van der Waals surface area contributed by atoms with Gasteiger partial charge in [0.05, 0.1) is 5.02 Å². The van der Waals surface area contributed by atoms with Crippen molar-refractivity contribution in [3.63, 3.8) is 0 Å². The summed E-state index contributed by atoms with van der Waals surface area (Å²) < 4.78 is 0. The third-order valence-corrected chi connectivity index (χ3v) is 9.29. The van der Waals surface area contributed by atoms with Crippen molar-refractivity contribution in [1.29, 1.82) is 0 Å². The fourth-order valence-electron chi connectivity index (χ4n) is 6.63. The van der Waals surface area contributed by atoms with Gasteiger partial charge in [0.2, 0.25) is 0 Å². The number of halogens is 2. The van der Waals surface area contributed by atoms with Crippen molar-refractivity contribution in [2.24, 2.45) is 0 Å². The molecule has 3 aliphatic rings. The number of hydrogen-bond acceptors (Lipinski definition) is 3. The summed E-state index contributed by atoms with van der Waals surface area (Å²) in [6, 6.07) is 34.9. The van der Waals surface area contributed by atoms with Crippen molar-refractivity contribution in [3.8, 4) is 0 Å². The molecular weight excluding hydrogens is 619 g/mol. The first-order chi connectivity index (χ1) is 22.6. The number of nitrogens with one attached hydrogen (secondary N) is 2. The van der Waals surface area contributed by atoms with Crippen molar-refractivity contribution in [3.05, 3.63) is 175 Å². The lowest BCUT2D eigenvalue weighted by Crippen LogP contribution is -2.26. The number of fused-ring (bicyclic) bond motifs is 5. The highest BCUT2D eigenvalue weighted by Crippen LogP contribution is 2.30. The van der Waals surface area contributed by atoms with Crippen LogP contribution in [0, 0.1) is 17.4 Å². The number of hydrogen-bond donors (Lipinski definition) is 2. The minimum Gasteiger partial charge on any atom is -0.361 e. The van der Waals surface area contributed by atoms with E-state index < -0.39 is 0 Å². The van der Waals surface area contributed by atoms with Crippen LogP contribution in [0.15, 0.2) is 121 Å². The maximum Gasteiger partial charge on any atom is 0.191 e. The molecule has 0 fully saturated rings. The van der Waals surface area contributed by atoms with Crippen LogP contribution < -0.4 is 21.1 Å². The molecule has 0 aromatic heterocycles. The summed E-state index contributed by atoms with van der Waals surface area (Å²) in [6.07, 6.45) is 14.0. The van der Waals surface area contributed by atoms with E-state index in [0.717, 1.165) is 59.1 Å². The van der Waals surface area contributed by atoms with E-state index in [-0.39, 0.29) is 18.2 Å². The highest BCUT2D eigenvalue weighted by atomic mass is 35.5. The zero-order valence-electron chi connectivity index (χ0n) is 26.2. The average molecular weight is 656 g/mol. The zero-order valence-corrected chi connectivity index (χ0v) is 27.8. The SMILES string of the molecule is C1=CNc2ccccc2C=C1.Cc1ccccc1Nc1ccc(C(=O)C2=c3ccc4c(c3CCC2)CC=c2ccccc2=4)c(Cl)c1.Cl. The number of ketones is 1. The Hall–Kier alpha value is -4.83. The first-order valence-electron chi connectivity index (χ1n) is 15.9. The number of aryl methyl sites for hydroxylation is 1. The second-order valence-electron chi connectivity index (χ2n) is 11.9. The van der Waals surface area contributed by atoms with Crippen LogP contribution in [0.2, 0.25) is 5.02 Å². The van der Waals surface area contributed by atoms with Crippen LogP contribution in [0.3, 0.4) is 0 Å². The maximum absolute atomic E-state index is 13.7. The molecule has 47 heavy (non-hydrogen) atoms. The Balaban J connectivity index is 0.000000272. The van der Waals surface area contributed by atoms with Gasteiger partial charge in [-0.15, -0.1) is 12.4 Å². The first-order valence-corrected chi connectivity index (χ1v) is 16.2. The lowest BCUT2D eigenvalue weighted by atomic mass is 9.84. The molecule has 2 aliphatic carbocycles. The molecule has 0 saturated carbocycles. The standard InChI is InChI=1S/C32H26ClNO.C10H9N.ClH/c1-20-7-2-5-12-31(20)34-22-14-16-29(30(33)19-22)32(35)28-11-6-10-24-26-15-13-21-8-3-4-9-23(21)25(26)17-18-27(24)28;1-2-7-10-9(5-1)6-3-4-8-11-10;/h2-5,7-9,12-14,16-19,34H,6,10-11,15H2,1H3;1-8,11H;1H. The number of allylic oxidation sites excluding steroid dienone is 2. The van der Waals surface area contributed by atoms with E-state index in [1.807, 2.05) is 66.9 Å². The summed E-state index contributed by atoms with van der Waals surface area (Å²) in [4.78, 5) is 13.7. The third-order valence-electron chi connectivity index (χ3n) is 8.98. The van der Waals surface area contributed by atoms with E-state index in [1.54, 1.807) is 0 Å². The minimum absolute atomic E-state index is 0. The number of Topliss-reactive ketones (excluding diaryl/α,β-unsaturated/α-hetero) is 1. The molecular formula is C42H36Cl2N2O.